The Kier molecular flexibility index (Phi) is 5.44. The van der Waals surface area contributed by atoms with Crippen molar-refractivity contribution in [3.05, 3.63) is 111 Å². The molecule has 7 heteroatoms. The smallest absolute Gasteiger partial charge is 0.185 e. The van der Waals surface area contributed by atoms with Crippen molar-refractivity contribution in [2.45, 2.75) is 13.0 Å². The molecule has 2 heterocycles. The number of imidazole rings is 1. The highest BCUT2D eigenvalue weighted by Gasteiger charge is 2.13. The summed E-state index contributed by atoms with van der Waals surface area (Å²) in [5.41, 5.74) is 3.96. The van der Waals surface area contributed by atoms with Gasteiger partial charge in [-0.3, -0.25) is 4.57 Å². The van der Waals surface area contributed by atoms with Crippen LogP contribution in [0.5, 0.6) is 0 Å². The van der Waals surface area contributed by atoms with E-state index in [1.54, 1.807) is 23.5 Å². The fourth-order valence-electron chi connectivity index (χ4n) is 3.59. The van der Waals surface area contributed by atoms with E-state index in [0.717, 1.165) is 32.2 Å². The van der Waals surface area contributed by atoms with Crippen molar-refractivity contribution >= 4 is 45.4 Å². The molecule has 0 aliphatic carbocycles. The number of aromatic nitrogens is 3. The van der Waals surface area contributed by atoms with Crippen LogP contribution in [0.3, 0.4) is 0 Å². The van der Waals surface area contributed by atoms with Gasteiger partial charge in [0.2, 0.25) is 0 Å². The van der Waals surface area contributed by atoms with Gasteiger partial charge >= 0.3 is 0 Å². The maximum Gasteiger partial charge on any atom is 0.185 e. The monoisotopic (exact) mass is 465 g/mol. The number of rotatable bonds is 5. The Hall–Kier alpha value is -2.80. The normalized spacial score (nSPS) is 11.3. The molecule has 0 unspecified atom stereocenters. The van der Waals surface area contributed by atoms with Crippen molar-refractivity contribution in [3.63, 3.8) is 0 Å². The lowest BCUT2D eigenvalue weighted by Gasteiger charge is -2.09. The molecule has 0 bridgehead atoms. The summed E-state index contributed by atoms with van der Waals surface area (Å²) in [6.45, 7) is 0.592. The fraction of sp³-hybridized carbons (Fsp3) is 0.0833. The van der Waals surface area contributed by atoms with E-state index in [9.17, 15) is 4.39 Å². The molecule has 0 N–H and O–H groups in total. The fourth-order valence-corrected chi connectivity index (χ4v) is 5.03. The van der Waals surface area contributed by atoms with Gasteiger partial charge in [-0.25, -0.2) is 9.37 Å². The first-order chi connectivity index (χ1) is 15.1. The topological polar surface area (TPSA) is 22.8 Å². The molecule has 0 aliphatic rings. The summed E-state index contributed by atoms with van der Waals surface area (Å²) in [6, 6.07) is 22.3. The minimum Gasteiger partial charge on any atom is -0.316 e. The number of thiazole rings is 1. The summed E-state index contributed by atoms with van der Waals surface area (Å²) in [5.74, 6) is -0.244. The highest BCUT2D eigenvalue weighted by Crippen LogP contribution is 2.25. The summed E-state index contributed by atoms with van der Waals surface area (Å²) >= 11 is 13.6. The van der Waals surface area contributed by atoms with Crippen molar-refractivity contribution < 1.29 is 4.39 Å². The second-order valence-electron chi connectivity index (χ2n) is 7.22. The quantitative estimate of drug-likeness (QED) is 0.259. The second kappa shape index (κ2) is 8.38. The van der Waals surface area contributed by atoms with Gasteiger partial charge in [-0.2, -0.15) is 0 Å². The molecule has 0 atom stereocenters. The van der Waals surface area contributed by atoms with Crippen LogP contribution in [-0.2, 0) is 13.0 Å². The van der Waals surface area contributed by atoms with Crippen LogP contribution in [0.1, 0.15) is 16.3 Å². The van der Waals surface area contributed by atoms with E-state index in [2.05, 4.69) is 12.3 Å². The SMILES string of the molecule is Fc1ccc(Cc2cn(Cc3nc4ccccc4s3)c(=S)n2-c2ccc(Cl)cc2)cc1. The third kappa shape index (κ3) is 4.19. The lowest BCUT2D eigenvalue weighted by molar-refractivity contribution is 0.627. The maximum absolute atomic E-state index is 13.4. The van der Waals surface area contributed by atoms with Crippen LogP contribution in [0.4, 0.5) is 4.39 Å². The predicted octanol–water partition coefficient (Wildman–Crippen LogP) is 7.05. The van der Waals surface area contributed by atoms with Crippen LogP contribution in [0.15, 0.2) is 79.0 Å². The van der Waals surface area contributed by atoms with Gasteiger partial charge in [0.1, 0.15) is 10.8 Å². The first-order valence-corrected chi connectivity index (χ1v) is 11.3. The van der Waals surface area contributed by atoms with E-state index in [-0.39, 0.29) is 5.82 Å². The minimum absolute atomic E-state index is 0.244. The Morgan fingerprint density at radius 2 is 1.71 bits per heavy atom. The Bertz CT molecular complexity index is 1380. The zero-order valence-corrected chi connectivity index (χ0v) is 18.7. The van der Waals surface area contributed by atoms with Gasteiger partial charge in [0.15, 0.2) is 4.77 Å². The molecule has 0 amide bonds. The van der Waals surface area contributed by atoms with Crippen molar-refractivity contribution in [3.8, 4) is 5.69 Å². The molecule has 154 valence electrons. The molecular formula is C24H17ClFN3S2. The van der Waals surface area contributed by atoms with Crippen LogP contribution >= 0.6 is 35.2 Å². The molecule has 0 saturated carbocycles. The van der Waals surface area contributed by atoms with Crippen LogP contribution in [0.2, 0.25) is 5.02 Å². The second-order valence-corrected chi connectivity index (χ2v) is 9.14. The molecule has 2 aromatic heterocycles. The number of hydrogen-bond donors (Lipinski definition) is 0. The van der Waals surface area contributed by atoms with Crippen LogP contribution < -0.4 is 0 Å². The summed E-state index contributed by atoms with van der Waals surface area (Å²) < 4.78 is 19.3. The maximum atomic E-state index is 13.4. The van der Waals surface area contributed by atoms with Gasteiger partial charge in [0.25, 0.3) is 0 Å². The number of nitrogens with zero attached hydrogens (tertiary/aromatic N) is 3. The van der Waals surface area contributed by atoms with Gasteiger partial charge in [0.05, 0.1) is 16.8 Å². The molecule has 0 fully saturated rings. The van der Waals surface area contributed by atoms with E-state index in [4.69, 9.17) is 28.8 Å². The molecule has 0 aliphatic heterocycles. The molecule has 3 nitrogen and oxygen atoms in total. The molecule has 0 radical (unpaired) electrons. The molecule has 3 aromatic carbocycles. The van der Waals surface area contributed by atoms with Crippen LogP contribution in [-0.4, -0.2) is 14.1 Å². The van der Waals surface area contributed by atoms with Gasteiger partial charge in [-0.15, -0.1) is 11.3 Å². The van der Waals surface area contributed by atoms with Crippen molar-refractivity contribution in [1.29, 1.82) is 0 Å². The Balaban J connectivity index is 1.57. The third-order valence-electron chi connectivity index (χ3n) is 5.06. The van der Waals surface area contributed by atoms with Crippen molar-refractivity contribution in [1.82, 2.24) is 14.1 Å². The Labute approximate surface area is 193 Å². The third-order valence-corrected chi connectivity index (χ3v) is 6.75. The van der Waals surface area contributed by atoms with E-state index in [0.29, 0.717) is 22.8 Å². The number of fused-ring (bicyclic) bond motifs is 1. The van der Waals surface area contributed by atoms with Gasteiger partial charge < -0.3 is 4.57 Å². The van der Waals surface area contributed by atoms with E-state index in [1.165, 1.54) is 12.1 Å². The lowest BCUT2D eigenvalue weighted by atomic mass is 10.1. The summed E-state index contributed by atoms with van der Waals surface area (Å²) in [7, 11) is 0. The van der Waals surface area contributed by atoms with Crippen LogP contribution in [0.25, 0.3) is 15.9 Å². The summed E-state index contributed by atoms with van der Waals surface area (Å²) in [5, 5.41) is 1.67. The van der Waals surface area contributed by atoms with E-state index in [1.807, 2.05) is 51.6 Å². The Morgan fingerprint density at radius 3 is 2.45 bits per heavy atom. The molecule has 0 saturated heterocycles. The minimum atomic E-state index is -0.244. The highest BCUT2D eigenvalue weighted by molar-refractivity contribution is 7.71. The number of halogens is 2. The lowest BCUT2D eigenvalue weighted by Crippen LogP contribution is -2.03. The van der Waals surface area contributed by atoms with E-state index < -0.39 is 0 Å². The van der Waals surface area contributed by atoms with Crippen molar-refractivity contribution in [2.75, 3.05) is 0 Å². The Morgan fingerprint density at radius 1 is 0.968 bits per heavy atom. The first kappa shape index (κ1) is 20.1. The zero-order valence-electron chi connectivity index (χ0n) is 16.3. The first-order valence-electron chi connectivity index (χ1n) is 9.73. The summed E-state index contributed by atoms with van der Waals surface area (Å²) in [4.78, 5) is 4.75. The predicted molar refractivity (Wildman–Crippen MR) is 128 cm³/mol. The molecular weight excluding hydrogens is 449 g/mol. The number of para-hydroxylation sites is 1. The summed E-state index contributed by atoms with van der Waals surface area (Å²) in [6.07, 6.45) is 2.69. The van der Waals surface area contributed by atoms with Crippen molar-refractivity contribution in [2.24, 2.45) is 0 Å². The average Bonchev–Trinajstić information content (AvgIpc) is 3.31. The number of hydrogen-bond acceptors (Lipinski definition) is 3. The molecule has 5 aromatic rings. The zero-order chi connectivity index (χ0) is 21.4. The molecule has 31 heavy (non-hydrogen) atoms. The van der Waals surface area contributed by atoms with Gasteiger partial charge in [-0.05, 0) is 66.3 Å². The highest BCUT2D eigenvalue weighted by atomic mass is 35.5. The average molecular weight is 466 g/mol. The largest absolute Gasteiger partial charge is 0.316 e. The van der Waals surface area contributed by atoms with Crippen LogP contribution in [0, 0.1) is 10.6 Å². The molecule has 0 spiro atoms. The standard InChI is InChI=1S/C24H17ClFN3S2/c25-17-7-11-19(12-8-17)29-20(13-16-5-9-18(26)10-6-16)14-28(24(29)30)15-23-27-21-3-1-2-4-22(21)31-23/h1-12,14H,13,15H2. The van der Waals surface area contributed by atoms with Gasteiger partial charge in [-0.1, -0.05) is 35.9 Å². The number of benzene rings is 3. The molecule has 5 rings (SSSR count). The van der Waals surface area contributed by atoms with E-state index >= 15 is 0 Å². The van der Waals surface area contributed by atoms with Gasteiger partial charge in [0, 0.05) is 29.0 Å².